The minimum absolute atomic E-state index is 0.0811. The zero-order chi connectivity index (χ0) is 24.1. The summed E-state index contributed by atoms with van der Waals surface area (Å²) >= 11 is 0. The van der Waals surface area contributed by atoms with E-state index >= 15 is 0 Å². The van der Waals surface area contributed by atoms with Gasteiger partial charge in [-0.2, -0.15) is 0 Å². The molecule has 0 aromatic heterocycles. The highest BCUT2D eigenvalue weighted by atomic mass is 16.4. The quantitative estimate of drug-likeness (QED) is 0.0739. The molecule has 14 nitrogen and oxygen atoms in total. The first-order chi connectivity index (χ1) is 15.1. The van der Waals surface area contributed by atoms with Gasteiger partial charge in [-0.15, -0.1) is 0 Å². The van der Waals surface area contributed by atoms with E-state index in [9.17, 15) is 29.1 Å². The van der Waals surface area contributed by atoms with Crippen molar-refractivity contribution >= 4 is 35.6 Å². The van der Waals surface area contributed by atoms with Crippen molar-refractivity contribution in [1.29, 1.82) is 0 Å². The number of hydrogen-bond donors (Lipinski definition) is 8. The first-order valence-electron chi connectivity index (χ1n) is 10.2. The Bertz CT molecular complexity index is 718. The van der Waals surface area contributed by atoms with Gasteiger partial charge in [0.15, 0.2) is 5.96 Å². The molecule has 0 aliphatic carbocycles. The fourth-order valence-electron chi connectivity index (χ4n) is 3.01. The molecule has 1 fully saturated rings. The lowest BCUT2D eigenvalue weighted by molar-refractivity contribution is -0.143. The zero-order valence-electron chi connectivity index (χ0n) is 17.6. The minimum atomic E-state index is -1.44. The summed E-state index contributed by atoms with van der Waals surface area (Å²) in [7, 11) is 0. The van der Waals surface area contributed by atoms with E-state index in [0.717, 1.165) is 13.0 Å². The van der Waals surface area contributed by atoms with Crippen LogP contribution in [0.1, 0.15) is 38.5 Å². The van der Waals surface area contributed by atoms with Crippen molar-refractivity contribution in [3.63, 3.8) is 0 Å². The van der Waals surface area contributed by atoms with Crippen LogP contribution in [0.3, 0.4) is 0 Å². The molecule has 180 valence electrons. The van der Waals surface area contributed by atoms with Crippen LogP contribution in [0.4, 0.5) is 0 Å². The van der Waals surface area contributed by atoms with Crippen LogP contribution in [0.15, 0.2) is 4.99 Å². The van der Waals surface area contributed by atoms with Crippen LogP contribution in [0, 0.1) is 0 Å². The fourth-order valence-corrected chi connectivity index (χ4v) is 3.01. The Labute approximate surface area is 184 Å². The maximum atomic E-state index is 12.6. The van der Waals surface area contributed by atoms with Gasteiger partial charge < -0.3 is 42.9 Å². The van der Waals surface area contributed by atoms with Gasteiger partial charge in [0.1, 0.15) is 12.1 Å². The van der Waals surface area contributed by atoms with E-state index in [0.29, 0.717) is 12.8 Å². The number of aliphatic carboxylic acids is 2. The van der Waals surface area contributed by atoms with Gasteiger partial charge in [-0.05, 0) is 38.6 Å². The SMILES string of the molecule is NC(N)=NCCCC(NC(=O)CNC(=O)C1CCCN1)C(=O)NC(CCC(=O)O)C(=O)O. The molecule has 0 spiro atoms. The molecule has 0 radical (unpaired) electrons. The monoisotopic (exact) mass is 457 g/mol. The van der Waals surface area contributed by atoms with Crippen LogP contribution >= 0.6 is 0 Å². The summed E-state index contributed by atoms with van der Waals surface area (Å²) in [5, 5.41) is 28.1. The molecule has 0 aromatic carbocycles. The number of nitrogens with one attached hydrogen (secondary N) is 4. The average molecular weight is 457 g/mol. The summed E-state index contributed by atoms with van der Waals surface area (Å²) in [4.78, 5) is 62.7. The van der Waals surface area contributed by atoms with Crippen LogP contribution in [0.25, 0.3) is 0 Å². The molecule has 1 rings (SSSR count). The molecule has 1 heterocycles. The topological polar surface area (TPSA) is 238 Å². The fraction of sp³-hybridized carbons (Fsp3) is 0.667. The number of carboxylic acid groups (broad SMARTS) is 2. The van der Waals surface area contributed by atoms with Crippen molar-refractivity contribution in [1.82, 2.24) is 21.3 Å². The Morgan fingerprint density at radius 1 is 1.06 bits per heavy atom. The Morgan fingerprint density at radius 3 is 2.34 bits per heavy atom. The largest absolute Gasteiger partial charge is 0.481 e. The van der Waals surface area contributed by atoms with E-state index in [1.807, 2.05) is 0 Å². The maximum Gasteiger partial charge on any atom is 0.326 e. The molecule has 0 aromatic rings. The number of carbonyl (C=O) groups is 5. The van der Waals surface area contributed by atoms with Crippen molar-refractivity contribution in [3.8, 4) is 0 Å². The molecular formula is C18H31N7O7. The predicted molar refractivity (Wildman–Crippen MR) is 112 cm³/mol. The molecule has 3 atom stereocenters. The first-order valence-corrected chi connectivity index (χ1v) is 10.2. The summed E-state index contributed by atoms with van der Waals surface area (Å²) in [5.74, 6) is -4.52. The van der Waals surface area contributed by atoms with E-state index in [2.05, 4.69) is 26.3 Å². The van der Waals surface area contributed by atoms with Crippen molar-refractivity contribution < 1.29 is 34.2 Å². The van der Waals surface area contributed by atoms with Crippen molar-refractivity contribution in [2.45, 2.75) is 56.7 Å². The summed E-state index contributed by atoms with van der Waals surface area (Å²) in [5.41, 5.74) is 10.5. The third kappa shape index (κ3) is 10.6. The number of rotatable bonds is 14. The third-order valence-electron chi connectivity index (χ3n) is 4.66. The van der Waals surface area contributed by atoms with Crippen LogP contribution in [0.2, 0.25) is 0 Å². The standard InChI is InChI=1S/C18H31N7O7/c19-18(20)22-8-2-4-11(16(30)25-12(17(31)32)5-6-14(27)28)24-13(26)9-23-15(29)10-3-1-7-21-10/h10-12,21H,1-9H2,(H,23,29)(H,24,26)(H,25,30)(H,27,28)(H,31,32)(H4,19,20,22). The molecule has 0 bridgehead atoms. The lowest BCUT2D eigenvalue weighted by atomic mass is 10.1. The number of carbonyl (C=O) groups excluding carboxylic acids is 3. The van der Waals surface area contributed by atoms with Crippen molar-refractivity contribution in [2.24, 2.45) is 16.5 Å². The second-order valence-electron chi connectivity index (χ2n) is 7.27. The van der Waals surface area contributed by atoms with Gasteiger partial charge in [0, 0.05) is 13.0 Å². The number of nitrogens with zero attached hydrogens (tertiary/aromatic N) is 1. The number of guanidine groups is 1. The number of nitrogens with two attached hydrogens (primary N) is 2. The number of amides is 3. The molecule has 10 N–H and O–H groups in total. The highest BCUT2D eigenvalue weighted by Crippen LogP contribution is 2.05. The molecule has 3 unspecified atom stereocenters. The maximum absolute atomic E-state index is 12.6. The van der Waals surface area contributed by atoms with Crippen molar-refractivity contribution in [2.75, 3.05) is 19.6 Å². The molecule has 3 amide bonds. The minimum Gasteiger partial charge on any atom is -0.481 e. The van der Waals surface area contributed by atoms with Gasteiger partial charge in [0.2, 0.25) is 17.7 Å². The van der Waals surface area contributed by atoms with E-state index < -0.39 is 42.3 Å². The predicted octanol–water partition coefficient (Wildman–Crippen LogP) is -3.17. The van der Waals surface area contributed by atoms with Crippen LogP contribution in [-0.2, 0) is 24.0 Å². The molecule has 1 aliphatic rings. The summed E-state index contributed by atoms with van der Waals surface area (Å²) < 4.78 is 0. The Balaban J connectivity index is 2.69. The van der Waals surface area contributed by atoms with E-state index in [4.69, 9.17) is 16.6 Å². The summed E-state index contributed by atoms with van der Waals surface area (Å²) in [6, 6.07) is -2.94. The Morgan fingerprint density at radius 2 is 1.78 bits per heavy atom. The van der Waals surface area contributed by atoms with Gasteiger partial charge in [-0.25, -0.2) is 4.79 Å². The Hall–Kier alpha value is -3.42. The zero-order valence-corrected chi connectivity index (χ0v) is 17.6. The van der Waals surface area contributed by atoms with E-state index in [1.54, 1.807) is 0 Å². The van der Waals surface area contributed by atoms with Gasteiger partial charge in [0.05, 0.1) is 12.6 Å². The number of aliphatic imine (C=N–C) groups is 1. The molecular weight excluding hydrogens is 426 g/mol. The molecule has 1 aliphatic heterocycles. The molecule has 0 saturated carbocycles. The average Bonchev–Trinajstić information content (AvgIpc) is 3.25. The highest BCUT2D eigenvalue weighted by molar-refractivity contribution is 5.92. The molecule has 32 heavy (non-hydrogen) atoms. The lowest BCUT2D eigenvalue weighted by Crippen LogP contribution is -2.53. The normalized spacial score (nSPS) is 16.9. The second-order valence-corrected chi connectivity index (χ2v) is 7.27. The lowest BCUT2D eigenvalue weighted by Gasteiger charge is -2.21. The van der Waals surface area contributed by atoms with Crippen LogP contribution < -0.4 is 32.7 Å². The van der Waals surface area contributed by atoms with Gasteiger partial charge in [-0.3, -0.25) is 24.2 Å². The van der Waals surface area contributed by atoms with E-state index in [-0.39, 0.29) is 43.8 Å². The molecule has 1 saturated heterocycles. The highest BCUT2D eigenvalue weighted by Gasteiger charge is 2.27. The smallest absolute Gasteiger partial charge is 0.326 e. The van der Waals surface area contributed by atoms with Gasteiger partial charge in [0.25, 0.3) is 0 Å². The van der Waals surface area contributed by atoms with Crippen LogP contribution in [-0.4, -0.2) is 83.6 Å². The van der Waals surface area contributed by atoms with Gasteiger partial charge in [-0.1, -0.05) is 0 Å². The number of hydrogen-bond acceptors (Lipinski definition) is 7. The first kappa shape index (κ1) is 26.6. The summed E-state index contributed by atoms with van der Waals surface area (Å²) in [6.07, 6.45) is 1.11. The summed E-state index contributed by atoms with van der Waals surface area (Å²) in [6.45, 7) is 0.526. The Kier molecular flexibility index (Phi) is 11.5. The number of carboxylic acids is 2. The van der Waals surface area contributed by atoms with Gasteiger partial charge >= 0.3 is 11.9 Å². The second kappa shape index (κ2) is 13.8. The van der Waals surface area contributed by atoms with E-state index in [1.165, 1.54) is 0 Å². The molecule has 14 heteroatoms. The third-order valence-corrected chi connectivity index (χ3v) is 4.66. The van der Waals surface area contributed by atoms with Crippen molar-refractivity contribution in [3.05, 3.63) is 0 Å². The van der Waals surface area contributed by atoms with Crippen LogP contribution in [0.5, 0.6) is 0 Å².